The molecule has 4 nitrogen and oxygen atoms in total. The van der Waals surface area contributed by atoms with E-state index in [0.717, 1.165) is 19.3 Å². The molecule has 0 unspecified atom stereocenters. The zero-order chi connectivity index (χ0) is 14.1. The molecule has 0 radical (unpaired) electrons. The Morgan fingerprint density at radius 2 is 1.89 bits per heavy atom. The van der Waals surface area contributed by atoms with Crippen LogP contribution in [0.25, 0.3) is 0 Å². The average Bonchev–Trinajstić information content (AvgIpc) is 2.41. The van der Waals surface area contributed by atoms with Gasteiger partial charge in [-0.2, -0.15) is 0 Å². The van der Waals surface area contributed by atoms with E-state index in [0.29, 0.717) is 17.9 Å². The molecule has 0 saturated heterocycles. The number of benzene rings is 1. The van der Waals surface area contributed by atoms with Crippen molar-refractivity contribution in [3.63, 3.8) is 0 Å². The molecule has 19 heavy (non-hydrogen) atoms. The molecule has 0 spiro atoms. The van der Waals surface area contributed by atoms with Gasteiger partial charge in [0.25, 0.3) is 0 Å². The standard InChI is InChI=1S/C14H17ClO4/c15-9-5-1-2-8-13(16)19-10-11-6-3-4-7-12(11)14(17)18/h3-4,6-7H,1-2,5,8-10H2,(H,17,18). The molecule has 5 heteroatoms. The molecule has 1 rings (SSSR count). The normalized spacial score (nSPS) is 10.2. The fourth-order valence-electron chi connectivity index (χ4n) is 1.63. The molecule has 0 aliphatic carbocycles. The van der Waals surface area contributed by atoms with Crippen molar-refractivity contribution in [2.24, 2.45) is 0 Å². The van der Waals surface area contributed by atoms with E-state index >= 15 is 0 Å². The molecular weight excluding hydrogens is 268 g/mol. The topological polar surface area (TPSA) is 63.6 Å². The minimum absolute atomic E-state index is 0.00316. The van der Waals surface area contributed by atoms with Crippen LogP contribution in [0.1, 0.15) is 41.6 Å². The molecule has 1 aromatic carbocycles. The van der Waals surface area contributed by atoms with Crippen molar-refractivity contribution in [2.75, 3.05) is 5.88 Å². The summed E-state index contributed by atoms with van der Waals surface area (Å²) >= 11 is 5.53. The lowest BCUT2D eigenvalue weighted by Crippen LogP contribution is -2.08. The second kappa shape index (κ2) is 8.53. The van der Waals surface area contributed by atoms with Gasteiger partial charge in [-0.25, -0.2) is 4.79 Å². The van der Waals surface area contributed by atoms with Crippen LogP contribution in [0, 0.1) is 0 Å². The van der Waals surface area contributed by atoms with E-state index < -0.39 is 5.97 Å². The number of aromatic carboxylic acids is 1. The Bertz CT molecular complexity index is 431. The highest BCUT2D eigenvalue weighted by atomic mass is 35.5. The third kappa shape index (κ3) is 5.75. The van der Waals surface area contributed by atoms with Crippen molar-refractivity contribution in [3.05, 3.63) is 35.4 Å². The van der Waals surface area contributed by atoms with Crippen LogP contribution in [-0.4, -0.2) is 22.9 Å². The van der Waals surface area contributed by atoms with Crippen LogP contribution in [0.4, 0.5) is 0 Å². The molecule has 0 atom stereocenters. The van der Waals surface area contributed by atoms with Gasteiger partial charge in [0.2, 0.25) is 0 Å². The number of esters is 1. The molecule has 1 N–H and O–H groups in total. The van der Waals surface area contributed by atoms with Crippen LogP contribution in [-0.2, 0) is 16.1 Å². The van der Waals surface area contributed by atoms with E-state index in [4.69, 9.17) is 21.4 Å². The fraction of sp³-hybridized carbons (Fsp3) is 0.429. The zero-order valence-corrected chi connectivity index (χ0v) is 11.4. The van der Waals surface area contributed by atoms with E-state index in [-0.39, 0.29) is 18.1 Å². The van der Waals surface area contributed by atoms with Gasteiger partial charge >= 0.3 is 11.9 Å². The maximum Gasteiger partial charge on any atom is 0.336 e. The summed E-state index contributed by atoms with van der Waals surface area (Å²) in [6.45, 7) is -0.00316. The summed E-state index contributed by atoms with van der Waals surface area (Å²) in [4.78, 5) is 22.4. The Morgan fingerprint density at radius 3 is 2.58 bits per heavy atom. The van der Waals surface area contributed by atoms with Crippen LogP contribution in [0.15, 0.2) is 24.3 Å². The van der Waals surface area contributed by atoms with Crippen LogP contribution < -0.4 is 0 Å². The number of halogens is 1. The average molecular weight is 285 g/mol. The second-order valence-corrected chi connectivity index (χ2v) is 4.50. The Labute approximate surface area is 117 Å². The highest BCUT2D eigenvalue weighted by Gasteiger charge is 2.10. The first-order valence-corrected chi connectivity index (χ1v) is 6.71. The molecule has 0 aliphatic rings. The number of alkyl halides is 1. The quantitative estimate of drug-likeness (QED) is 0.452. The number of ether oxygens (including phenoxy) is 1. The molecular formula is C14H17ClO4. The summed E-state index contributed by atoms with van der Waals surface area (Å²) in [5.41, 5.74) is 0.668. The lowest BCUT2D eigenvalue weighted by Gasteiger charge is -2.07. The fourth-order valence-corrected chi connectivity index (χ4v) is 1.81. The molecule has 0 aromatic heterocycles. The van der Waals surface area contributed by atoms with Crippen molar-refractivity contribution in [2.45, 2.75) is 32.3 Å². The number of hydrogen-bond donors (Lipinski definition) is 1. The number of carboxylic acids is 1. The minimum Gasteiger partial charge on any atom is -0.478 e. The summed E-state index contributed by atoms with van der Waals surface area (Å²) in [6.07, 6.45) is 2.86. The third-order valence-electron chi connectivity index (χ3n) is 2.65. The van der Waals surface area contributed by atoms with E-state index in [1.807, 2.05) is 0 Å². The largest absolute Gasteiger partial charge is 0.478 e. The van der Waals surface area contributed by atoms with Crippen LogP contribution >= 0.6 is 11.6 Å². The van der Waals surface area contributed by atoms with Gasteiger partial charge in [0.05, 0.1) is 5.56 Å². The van der Waals surface area contributed by atoms with Gasteiger partial charge < -0.3 is 9.84 Å². The van der Waals surface area contributed by atoms with Gasteiger partial charge in [-0.1, -0.05) is 24.6 Å². The van der Waals surface area contributed by atoms with E-state index in [2.05, 4.69) is 0 Å². The smallest absolute Gasteiger partial charge is 0.336 e. The van der Waals surface area contributed by atoms with Gasteiger partial charge in [-0.15, -0.1) is 11.6 Å². The molecule has 0 heterocycles. The van der Waals surface area contributed by atoms with Gasteiger partial charge in [0.15, 0.2) is 0 Å². The number of carbonyl (C=O) groups is 2. The molecule has 0 bridgehead atoms. The second-order valence-electron chi connectivity index (χ2n) is 4.12. The predicted octanol–water partition coefficient (Wildman–Crippen LogP) is 3.23. The van der Waals surface area contributed by atoms with E-state index in [1.54, 1.807) is 18.2 Å². The Hall–Kier alpha value is -1.55. The van der Waals surface area contributed by atoms with Gasteiger partial charge in [-0.3, -0.25) is 4.79 Å². The zero-order valence-electron chi connectivity index (χ0n) is 10.6. The van der Waals surface area contributed by atoms with Crippen LogP contribution in [0.2, 0.25) is 0 Å². The third-order valence-corrected chi connectivity index (χ3v) is 2.92. The van der Waals surface area contributed by atoms with Gasteiger partial charge in [-0.05, 0) is 18.9 Å². The van der Waals surface area contributed by atoms with Crippen molar-refractivity contribution in [1.82, 2.24) is 0 Å². The minimum atomic E-state index is -1.02. The van der Waals surface area contributed by atoms with E-state index in [9.17, 15) is 9.59 Å². The summed E-state index contributed by atoms with van der Waals surface area (Å²) in [6, 6.07) is 6.49. The highest BCUT2D eigenvalue weighted by molar-refractivity contribution is 6.17. The summed E-state index contributed by atoms with van der Waals surface area (Å²) in [5.74, 6) is -0.732. The first-order valence-electron chi connectivity index (χ1n) is 6.18. The Balaban J connectivity index is 2.40. The number of carboxylic acid groups (broad SMARTS) is 1. The Kier molecular flexibility index (Phi) is 6.97. The first kappa shape index (κ1) is 15.5. The number of unbranched alkanes of at least 4 members (excludes halogenated alkanes) is 2. The summed E-state index contributed by atoms with van der Waals surface area (Å²) < 4.78 is 5.06. The molecule has 104 valence electrons. The van der Waals surface area contributed by atoms with Crippen molar-refractivity contribution >= 4 is 23.5 Å². The maximum atomic E-state index is 11.5. The van der Waals surface area contributed by atoms with Crippen LogP contribution in [0.3, 0.4) is 0 Å². The summed E-state index contributed by atoms with van der Waals surface area (Å²) in [5, 5.41) is 8.98. The SMILES string of the molecule is O=C(CCCCCCl)OCc1ccccc1C(=O)O. The van der Waals surface area contributed by atoms with Crippen molar-refractivity contribution in [1.29, 1.82) is 0 Å². The monoisotopic (exact) mass is 284 g/mol. The van der Waals surface area contributed by atoms with E-state index in [1.165, 1.54) is 6.07 Å². The lowest BCUT2D eigenvalue weighted by atomic mass is 10.1. The molecule has 0 amide bonds. The van der Waals surface area contributed by atoms with Gasteiger partial charge in [0.1, 0.15) is 6.61 Å². The number of carbonyl (C=O) groups excluding carboxylic acids is 1. The summed E-state index contributed by atoms with van der Waals surface area (Å²) in [7, 11) is 0. The molecule has 0 aliphatic heterocycles. The van der Waals surface area contributed by atoms with Crippen LogP contribution in [0.5, 0.6) is 0 Å². The number of rotatable bonds is 8. The highest BCUT2D eigenvalue weighted by Crippen LogP contribution is 2.11. The first-order chi connectivity index (χ1) is 9.15. The Morgan fingerprint density at radius 1 is 1.16 bits per heavy atom. The lowest BCUT2D eigenvalue weighted by molar-refractivity contribution is -0.145. The van der Waals surface area contributed by atoms with Crippen molar-refractivity contribution < 1.29 is 19.4 Å². The molecule has 0 fully saturated rings. The molecule has 0 saturated carbocycles. The maximum absolute atomic E-state index is 11.5. The van der Waals surface area contributed by atoms with Gasteiger partial charge in [0, 0.05) is 17.9 Å². The molecule has 1 aromatic rings. The van der Waals surface area contributed by atoms with Crippen molar-refractivity contribution in [3.8, 4) is 0 Å². The number of hydrogen-bond acceptors (Lipinski definition) is 3. The predicted molar refractivity (Wildman–Crippen MR) is 72.4 cm³/mol.